The van der Waals surface area contributed by atoms with E-state index < -0.39 is 0 Å². The number of carbonyl (C=O) groups excluding carboxylic acids is 2. The van der Waals surface area contributed by atoms with Gasteiger partial charge in [-0.05, 0) is 67.5 Å². The van der Waals surface area contributed by atoms with Crippen LogP contribution in [0.1, 0.15) is 60.0 Å². The Morgan fingerprint density at radius 2 is 1.45 bits per heavy atom. The summed E-state index contributed by atoms with van der Waals surface area (Å²) in [5.74, 6) is 1.11. The largest absolute Gasteiger partial charge is 0.497 e. The highest BCUT2D eigenvalue weighted by atomic mass is 16.5. The fourth-order valence-electron chi connectivity index (χ4n) is 4.17. The van der Waals surface area contributed by atoms with Crippen molar-refractivity contribution in [2.75, 3.05) is 21.3 Å². The molecule has 0 aromatic heterocycles. The monoisotopic (exact) mass is 451 g/mol. The Balaban J connectivity index is 1.77. The average Bonchev–Trinajstić information content (AvgIpc) is 2.83. The van der Waals surface area contributed by atoms with Crippen LogP contribution >= 0.6 is 0 Å². The molecule has 2 aromatic carbocycles. The van der Waals surface area contributed by atoms with Gasteiger partial charge in [-0.15, -0.1) is 0 Å². The molecule has 0 saturated carbocycles. The summed E-state index contributed by atoms with van der Waals surface area (Å²) >= 11 is 0. The third-order valence-corrected chi connectivity index (χ3v) is 6.01. The highest BCUT2D eigenvalue weighted by Crippen LogP contribution is 2.29. The zero-order valence-electron chi connectivity index (χ0n) is 19.7. The summed E-state index contributed by atoms with van der Waals surface area (Å²) in [7, 11) is 4.65. The summed E-state index contributed by atoms with van der Waals surface area (Å²) in [5, 5.41) is 3.08. The number of benzene rings is 2. The van der Waals surface area contributed by atoms with Crippen molar-refractivity contribution < 1.29 is 23.8 Å². The van der Waals surface area contributed by atoms with Crippen LogP contribution in [0.5, 0.6) is 11.5 Å². The first-order valence-corrected chi connectivity index (χ1v) is 11.4. The molecule has 176 valence electrons. The lowest BCUT2D eigenvalue weighted by Crippen LogP contribution is -2.26. The van der Waals surface area contributed by atoms with Crippen LogP contribution in [-0.2, 0) is 22.5 Å². The molecular formula is C27H33NO5. The maximum Gasteiger partial charge on any atom is 0.337 e. The molecule has 1 amide bonds. The predicted molar refractivity (Wildman–Crippen MR) is 128 cm³/mol. The zero-order valence-corrected chi connectivity index (χ0v) is 19.7. The Kier molecular flexibility index (Phi) is 8.93. The second-order valence-corrected chi connectivity index (χ2v) is 8.27. The van der Waals surface area contributed by atoms with Crippen molar-refractivity contribution in [3.05, 3.63) is 70.3 Å². The molecule has 2 aromatic rings. The Labute approximate surface area is 195 Å². The highest BCUT2D eigenvalue weighted by molar-refractivity contribution is 5.94. The lowest BCUT2D eigenvalue weighted by atomic mass is 9.89. The van der Waals surface area contributed by atoms with Gasteiger partial charge < -0.3 is 19.5 Å². The molecule has 0 radical (unpaired) electrons. The number of carbonyl (C=O) groups is 2. The van der Waals surface area contributed by atoms with Crippen molar-refractivity contribution in [3.8, 4) is 11.5 Å². The van der Waals surface area contributed by atoms with E-state index >= 15 is 0 Å². The van der Waals surface area contributed by atoms with Crippen LogP contribution in [0.2, 0.25) is 0 Å². The molecule has 0 bridgehead atoms. The van der Waals surface area contributed by atoms with Gasteiger partial charge in [0.1, 0.15) is 11.5 Å². The third-order valence-electron chi connectivity index (χ3n) is 6.01. The van der Waals surface area contributed by atoms with Crippen molar-refractivity contribution in [1.82, 2.24) is 5.32 Å². The molecule has 6 heteroatoms. The van der Waals surface area contributed by atoms with Crippen LogP contribution in [0.4, 0.5) is 0 Å². The standard InChI is InChI=1S/C27H33NO5/c1-31-23-15-20(16-24(17-23)32-2)14-22-8-6-4-5-7-9-25(22)26(29)28-18-19-10-12-21(13-11-19)27(30)33-3/h10-13,15-17H,4-9,14,18H2,1-3H3,(H,28,29)/b25-22-. The number of ether oxygens (including phenoxy) is 3. The summed E-state index contributed by atoms with van der Waals surface area (Å²) in [4.78, 5) is 24.8. The number of hydrogen-bond acceptors (Lipinski definition) is 5. The molecule has 0 aliphatic heterocycles. The van der Waals surface area contributed by atoms with Gasteiger partial charge in [0, 0.05) is 18.2 Å². The fraction of sp³-hybridized carbons (Fsp3) is 0.407. The van der Waals surface area contributed by atoms with Gasteiger partial charge in [0.2, 0.25) is 5.91 Å². The van der Waals surface area contributed by atoms with Crippen molar-refractivity contribution >= 4 is 11.9 Å². The SMILES string of the molecule is COC(=O)c1ccc(CNC(=O)/C2=C(\Cc3cc(OC)cc(OC)c3)CCCCCC2)cc1. The molecule has 1 aliphatic rings. The van der Waals surface area contributed by atoms with E-state index in [9.17, 15) is 9.59 Å². The Hall–Kier alpha value is -3.28. The van der Waals surface area contributed by atoms with Crippen molar-refractivity contribution in [2.24, 2.45) is 0 Å². The number of methoxy groups -OCH3 is 3. The molecule has 0 heterocycles. The van der Waals surface area contributed by atoms with Crippen LogP contribution in [0.25, 0.3) is 0 Å². The minimum absolute atomic E-state index is 0.0150. The minimum Gasteiger partial charge on any atom is -0.497 e. The number of rotatable bonds is 8. The van der Waals surface area contributed by atoms with Gasteiger partial charge in [0.05, 0.1) is 26.9 Å². The fourth-order valence-corrected chi connectivity index (χ4v) is 4.17. The van der Waals surface area contributed by atoms with Crippen LogP contribution in [-0.4, -0.2) is 33.2 Å². The number of allylic oxidation sites excluding steroid dienone is 1. The summed E-state index contributed by atoms with van der Waals surface area (Å²) in [6.45, 7) is 0.407. The summed E-state index contributed by atoms with van der Waals surface area (Å²) in [5.41, 5.74) is 4.57. The van der Waals surface area contributed by atoms with Crippen LogP contribution in [0, 0.1) is 0 Å². The molecular weight excluding hydrogens is 418 g/mol. The normalized spacial score (nSPS) is 16.3. The first-order chi connectivity index (χ1) is 16.0. The Bertz CT molecular complexity index is 972. The molecule has 0 fully saturated rings. The summed E-state index contributed by atoms with van der Waals surface area (Å²) < 4.78 is 15.6. The van der Waals surface area contributed by atoms with Gasteiger partial charge in [-0.25, -0.2) is 4.79 Å². The number of amides is 1. The lowest BCUT2D eigenvalue weighted by molar-refractivity contribution is -0.117. The first-order valence-electron chi connectivity index (χ1n) is 11.4. The highest BCUT2D eigenvalue weighted by Gasteiger charge is 2.18. The van der Waals surface area contributed by atoms with E-state index in [1.54, 1.807) is 26.4 Å². The lowest BCUT2D eigenvalue weighted by Gasteiger charge is -2.19. The molecule has 0 spiro atoms. The van der Waals surface area contributed by atoms with Gasteiger partial charge in [0.25, 0.3) is 0 Å². The van der Waals surface area contributed by atoms with E-state index in [-0.39, 0.29) is 11.9 Å². The van der Waals surface area contributed by atoms with E-state index in [0.717, 1.165) is 60.3 Å². The van der Waals surface area contributed by atoms with E-state index in [1.807, 2.05) is 30.3 Å². The molecule has 0 atom stereocenters. The van der Waals surface area contributed by atoms with Gasteiger partial charge in [-0.3, -0.25) is 4.79 Å². The number of hydrogen-bond donors (Lipinski definition) is 1. The smallest absolute Gasteiger partial charge is 0.337 e. The molecule has 0 saturated heterocycles. The molecule has 1 aliphatic carbocycles. The van der Waals surface area contributed by atoms with Crippen LogP contribution in [0.15, 0.2) is 53.6 Å². The van der Waals surface area contributed by atoms with Crippen molar-refractivity contribution in [3.63, 3.8) is 0 Å². The van der Waals surface area contributed by atoms with Crippen molar-refractivity contribution in [1.29, 1.82) is 0 Å². The quantitative estimate of drug-likeness (QED) is 0.572. The molecule has 0 unspecified atom stereocenters. The zero-order chi connectivity index (χ0) is 23.6. The number of nitrogens with one attached hydrogen (secondary N) is 1. The second-order valence-electron chi connectivity index (χ2n) is 8.27. The van der Waals surface area contributed by atoms with Gasteiger partial charge in [-0.1, -0.05) is 30.5 Å². The molecule has 3 rings (SSSR count). The average molecular weight is 452 g/mol. The predicted octanol–water partition coefficient (Wildman–Crippen LogP) is 5.00. The first kappa shape index (κ1) is 24.4. The molecule has 33 heavy (non-hydrogen) atoms. The van der Waals surface area contributed by atoms with E-state index in [4.69, 9.17) is 14.2 Å². The summed E-state index contributed by atoms with van der Waals surface area (Å²) in [6, 6.07) is 13.0. The van der Waals surface area contributed by atoms with E-state index in [1.165, 1.54) is 19.1 Å². The Morgan fingerprint density at radius 1 is 0.818 bits per heavy atom. The number of esters is 1. The van der Waals surface area contributed by atoms with Crippen LogP contribution in [0.3, 0.4) is 0 Å². The Morgan fingerprint density at radius 3 is 2.06 bits per heavy atom. The van der Waals surface area contributed by atoms with E-state index in [0.29, 0.717) is 18.5 Å². The molecule has 1 N–H and O–H groups in total. The van der Waals surface area contributed by atoms with E-state index in [2.05, 4.69) is 5.32 Å². The topological polar surface area (TPSA) is 73.9 Å². The van der Waals surface area contributed by atoms with Gasteiger partial charge in [-0.2, -0.15) is 0 Å². The van der Waals surface area contributed by atoms with Crippen LogP contribution < -0.4 is 14.8 Å². The van der Waals surface area contributed by atoms with Gasteiger partial charge in [0.15, 0.2) is 0 Å². The summed E-state index contributed by atoms with van der Waals surface area (Å²) in [6.07, 6.45) is 6.83. The maximum absolute atomic E-state index is 13.2. The maximum atomic E-state index is 13.2. The minimum atomic E-state index is -0.371. The second kappa shape index (κ2) is 12.1. The third kappa shape index (κ3) is 6.85. The molecule has 6 nitrogen and oxygen atoms in total. The van der Waals surface area contributed by atoms with Crippen molar-refractivity contribution in [2.45, 2.75) is 51.5 Å². The van der Waals surface area contributed by atoms with Gasteiger partial charge >= 0.3 is 5.97 Å².